The first-order chi connectivity index (χ1) is 18.7. The highest BCUT2D eigenvalue weighted by Crippen LogP contribution is 2.10. The minimum absolute atomic E-state index is 0.0424. The second kappa shape index (κ2) is 15.1. The summed E-state index contributed by atoms with van der Waals surface area (Å²) in [5, 5.41) is 13.2. The lowest BCUT2D eigenvalue weighted by molar-refractivity contribution is -0.124. The molecule has 2 atom stereocenters. The molecule has 0 aromatic heterocycles. The van der Waals surface area contributed by atoms with Crippen molar-refractivity contribution in [2.75, 3.05) is 13.1 Å². The Labute approximate surface area is 226 Å². The van der Waals surface area contributed by atoms with Crippen LogP contribution in [0, 0.1) is 0 Å². The molecule has 200 valence electrons. The van der Waals surface area contributed by atoms with E-state index in [0.29, 0.717) is 39.0 Å². The van der Waals surface area contributed by atoms with Gasteiger partial charge in [0.1, 0.15) is 0 Å². The van der Waals surface area contributed by atoms with E-state index in [-0.39, 0.29) is 23.9 Å². The Hall–Kier alpha value is -3.48. The maximum Gasteiger partial charge on any atom is 0.237 e. The van der Waals surface area contributed by atoms with Crippen molar-refractivity contribution in [3.63, 3.8) is 0 Å². The van der Waals surface area contributed by atoms with Crippen LogP contribution in [0.2, 0.25) is 0 Å². The fraction of sp³-hybridized carbons (Fsp3) is 0.375. The Morgan fingerprint density at radius 2 is 0.921 bits per heavy atom. The molecule has 6 nitrogen and oxygen atoms in total. The quantitative estimate of drug-likeness (QED) is 0.428. The summed E-state index contributed by atoms with van der Waals surface area (Å²) in [5.41, 5.74) is 4.52. The van der Waals surface area contributed by atoms with Gasteiger partial charge in [-0.2, -0.15) is 0 Å². The van der Waals surface area contributed by atoms with Gasteiger partial charge in [-0.1, -0.05) is 97.8 Å². The van der Waals surface area contributed by atoms with Crippen LogP contribution in [-0.2, 0) is 35.5 Å². The van der Waals surface area contributed by atoms with Gasteiger partial charge in [-0.3, -0.25) is 9.59 Å². The molecule has 2 heterocycles. The van der Waals surface area contributed by atoms with E-state index in [1.54, 1.807) is 0 Å². The SMILES string of the molecule is O=C1NCCCCCCNC(=O)[C@H](Cc2ccccc2)NCc2ccc(cc2)CN[C@H]1Cc1ccccc1. The van der Waals surface area contributed by atoms with Crippen molar-refractivity contribution in [3.8, 4) is 0 Å². The fourth-order valence-corrected chi connectivity index (χ4v) is 4.74. The third-order valence-electron chi connectivity index (χ3n) is 7.03. The number of carbonyl (C=O) groups excluding carboxylic acids is 2. The highest BCUT2D eigenvalue weighted by Gasteiger charge is 2.20. The van der Waals surface area contributed by atoms with Crippen LogP contribution in [0.25, 0.3) is 0 Å². The van der Waals surface area contributed by atoms with E-state index in [9.17, 15) is 9.59 Å². The average molecular weight is 513 g/mol. The van der Waals surface area contributed by atoms with Crippen LogP contribution in [0.1, 0.15) is 47.9 Å². The third kappa shape index (κ3) is 9.12. The summed E-state index contributed by atoms with van der Waals surface area (Å²) in [4.78, 5) is 26.0. The molecule has 0 saturated heterocycles. The molecule has 0 radical (unpaired) electrons. The third-order valence-corrected chi connectivity index (χ3v) is 7.03. The van der Waals surface area contributed by atoms with E-state index in [0.717, 1.165) is 47.9 Å². The molecule has 38 heavy (non-hydrogen) atoms. The molecule has 0 spiro atoms. The van der Waals surface area contributed by atoms with Gasteiger partial charge in [0, 0.05) is 26.2 Å². The smallest absolute Gasteiger partial charge is 0.237 e. The molecule has 6 heteroatoms. The first kappa shape index (κ1) is 27.6. The molecule has 2 aliphatic heterocycles. The number of fused-ring (bicyclic) bond motifs is 17. The minimum atomic E-state index is -0.293. The summed E-state index contributed by atoms with van der Waals surface area (Å²) in [6.07, 6.45) is 5.19. The number of amides is 2. The number of benzene rings is 3. The molecule has 0 fully saturated rings. The van der Waals surface area contributed by atoms with E-state index in [1.807, 2.05) is 36.4 Å². The molecule has 0 aliphatic carbocycles. The molecule has 0 saturated carbocycles. The van der Waals surface area contributed by atoms with Crippen molar-refractivity contribution in [2.45, 2.75) is 63.7 Å². The zero-order chi connectivity index (χ0) is 26.4. The summed E-state index contributed by atoms with van der Waals surface area (Å²) >= 11 is 0. The first-order valence-electron chi connectivity index (χ1n) is 13.9. The molecular weight excluding hydrogens is 472 g/mol. The lowest BCUT2D eigenvalue weighted by atomic mass is 10.0. The Kier molecular flexibility index (Phi) is 10.9. The standard InChI is InChI=1S/C32H40N4O2/c37-31-29(21-25-11-5-3-6-12-25)35-23-27-15-17-28(18-16-27)24-36-30(22-26-13-7-4-8-14-26)32(38)34-20-10-2-1-9-19-33-31/h3-8,11-18,29-30,35-36H,1-2,9-10,19-24H2,(H,33,37)(H,34,38)/t29-,30-/m0/s1. The summed E-state index contributed by atoms with van der Waals surface area (Å²) in [5.74, 6) is 0.0848. The monoisotopic (exact) mass is 512 g/mol. The highest BCUT2D eigenvalue weighted by atomic mass is 16.2. The Morgan fingerprint density at radius 3 is 1.32 bits per heavy atom. The number of hydrogen-bond acceptors (Lipinski definition) is 4. The van der Waals surface area contributed by atoms with Gasteiger partial charge in [-0.15, -0.1) is 0 Å². The van der Waals surface area contributed by atoms with E-state index in [2.05, 4.69) is 69.8 Å². The van der Waals surface area contributed by atoms with Gasteiger partial charge in [0.15, 0.2) is 0 Å². The molecule has 0 unspecified atom stereocenters. The van der Waals surface area contributed by atoms with Crippen molar-refractivity contribution >= 4 is 11.8 Å². The van der Waals surface area contributed by atoms with Gasteiger partial charge in [-0.25, -0.2) is 0 Å². The van der Waals surface area contributed by atoms with E-state index >= 15 is 0 Å². The first-order valence-corrected chi connectivity index (χ1v) is 13.9. The zero-order valence-electron chi connectivity index (χ0n) is 22.1. The zero-order valence-corrected chi connectivity index (χ0v) is 22.1. The van der Waals surface area contributed by atoms with Crippen molar-refractivity contribution in [1.82, 2.24) is 21.3 Å². The maximum atomic E-state index is 13.0. The van der Waals surface area contributed by atoms with Crippen LogP contribution in [-0.4, -0.2) is 37.0 Å². The lowest BCUT2D eigenvalue weighted by Gasteiger charge is -2.20. The van der Waals surface area contributed by atoms with E-state index < -0.39 is 0 Å². The summed E-state index contributed by atoms with van der Waals surface area (Å²) in [7, 11) is 0. The average Bonchev–Trinajstić information content (AvgIpc) is 2.95. The van der Waals surface area contributed by atoms with Gasteiger partial charge in [0.25, 0.3) is 0 Å². The fourth-order valence-electron chi connectivity index (χ4n) is 4.74. The van der Waals surface area contributed by atoms with Crippen molar-refractivity contribution in [3.05, 3.63) is 107 Å². The van der Waals surface area contributed by atoms with Crippen LogP contribution in [0.5, 0.6) is 0 Å². The van der Waals surface area contributed by atoms with Crippen LogP contribution < -0.4 is 21.3 Å². The Balaban J connectivity index is 1.44. The molecule has 2 aliphatic rings. The highest BCUT2D eigenvalue weighted by molar-refractivity contribution is 5.82. The number of nitrogens with one attached hydrogen (secondary N) is 4. The van der Waals surface area contributed by atoms with Gasteiger partial charge in [-0.05, 0) is 47.9 Å². The van der Waals surface area contributed by atoms with Crippen LogP contribution in [0.4, 0.5) is 0 Å². The molecule has 3 aromatic rings. The molecular formula is C32H40N4O2. The molecule has 3 aromatic carbocycles. The number of hydrogen-bond donors (Lipinski definition) is 4. The normalized spacial score (nSPS) is 20.3. The van der Waals surface area contributed by atoms with Crippen molar-refractivity contribution in [1.29, 1.82) is 0 Å². The minimum Gasteiger partial charge on any atom is -0.355 e. The largest absolute Gasteiger partial charge is 0.355 e. The van der Waals surface area contributed by atoms with Crippen molar-refractivity contribution < 1.29 is 9.59 Å². The van der Waals surface area contributed by atoms with E-state index in [1.165, 1.54) is 0 Å². The predicted octanol–water partition coefficient (Wildman–Crippen LogP) is 3.89. The van der Waals surface area contributed by atoms with Crippen LogP contribution >= 0.6 is 0 Å². The molecule has 2 amide bonds. The summed E-state index contributed by atoms with van der Waals surface area (Å²) < 4.78 is 0. The predicted molar refractivity (Wildman–Crippen MR) is 152 cm³/mol. The Morgan fingerprint density at radius 1 is 0.526 bits per heavy atom. The van der Waals surface area contributed by atoms with Gasteiger partial charge in [0.2, 0.25) is 11.8 Å². The van der Waals surface area contributed by atoms with Crippen molar-refractivity contribution in [2.24, 2.45) is 0 Å². The second-order valence-electron chi connectivity index (χ2n) is 10.1. The Bertz CT molecular complexity index is 1030. The molecule has 5 rings (SSSR count). The number of carbonyl (C=O) groups is 2. The number of rotatable bonds is 4. The summed E-state index contributed by atoms with van der Waals surface area (Å²) in [6.45, 7) is 2.54. The molecule has 4 N–H and O–H groups in total. The van der Waals surface area contributed by atoms with Gasteiger partial charge >= 0.3 is 0 Å². The van der Waals surface area contributed by atoms with Crippen LogP contribution in [0.3, 0.4) is 0 Å². The maximum absolute atomic E-state index is 13.0. The summed E-state index contributed by atoms with van der Waals surface area (Å²) in [6, 6.07) is 28.1. The van der Waals surface area contributed by atoms with Gasteiger partial charge in [0.05, 0.1) is 12.1 Å². The topological polar surface area (TPSA) is 82.3 Å². The molecule has 2 bridgehead atoms. The van der Waals surface area contributed by atoms with Gasteiger partial charge < -0.3 is 21.3 Å². The second-order valence-corrected chi connectivity index (χ2v) is 10.1. The lowest BCUT2D eigenvalue weighted by Crippen LogP contribution is -2.46. The van der Waals surface area contributed by atoms with Crippen LogP contribution in [0.15, 0.2) is 84.9 Å². The van der Waals surface area contributed by atoms with E-state index in [4.69, 9.17) is 0 Å².